The normalized spacial score (nSPS) is 32.9. The molecule has 1 aliphatic rings. The Kier molecular flexibility index (Phi) is 2.21. The van der Waals surface area contributed by atoms with Crippen molar-refractivity contribution in [3.8, 4) is 0 Å². The molecule has 1 unspecified atom stereocenters. The Balaban J connectivity index is 2.39. The van der Waals surface area contributed by atoms with Gasteiger partial charge in [0.25, 0.3) is 0 Å². The highest BCUT2D eigenvalue weighted by atomic mass is 32.2. The van der Waals surface area contributed by atoms with E-state index in [1.54, 1.807) is 0 Å². The molecule has 0 saturated carbocycles. The van der Waals surface area contributed by atoms with Crippen molar-refractivity contribution in [1.29, 1.82) is 0 Å². The van der Waals surface area contributed by atoms with Crippen molar-refractivity contribution < 1.29 is 8.76 Å². The molecule has 0 aromatic rings. The average Bonchev–Trinajstić information content (AvgIpc) is 2.14. The van der Waals surface area contributed by atoms with Crippen molar-refractivity contribution in [1.82, 2.24) is 4.90 Å². The van der Waals surface area contributed by atoms with Gasteiger partial charge < -0.3 is 9.45 Å². The minimum atomic E-state index is -1.85. The largest absolute Gasteiger partial charge is 0.772 e. The fourth-order valence-electron chi connectivity index (χ4n) is 1.05. The Hall–Kier alpha value is 0.0700. The van der Waals surface area contributed by atoms with E-state index in [9.17, 15) is 8.76 Å². The third-order valence-electron chi connectivity index (χ3n) is 1.62. The number of nitrogens with zero attached hydrogens (tertiary/aromatic N) is 1. The molecule has 9 heavy (non-hydrogen) atoms. The maximum atomic E-state index is 10.3. The molecule has 3 nitrogen and oxygen atoms in total. The molecule has 2 atom stereocenters. The molecule has 0 radical (unpaired) electrons. The van der Waals surface area contributed by atoms with Gasteiger partial charge in [-0.3, -0.25) is 4.21 Å². The molecule has 0 N–H and O–H groups in total. The average molecular weight is 148 g/mol. The SMILES string of the molecule is CN1CC[C@H](S(=O)[O-])C1. The summed E-state index contributed by atoms with van der Waals surface area (Å²) in [6, 6.07) is 0. The van der Waals surface area contributed by atoms with E-state index in [1.807, 2.05) is 11.9 Å². The zero-order valence-electron chi connectivity index (χ0n) is 5.37. The zero-order valence-corrected chi connectivity index (χ0v) is 6.19. The number of hydrogen-bond acceptors (Lipinski definition) is 3. The second-order valence-electron chi connectivity index (χ2n) is 2.43. The van der Waals surface area contributed by atoms with Crippen LogP contribution in [0.25, 0.3) is 0 Å². The summed E-state index contributed by atoms with van der Waals surface area (Å²) in [5.41, 5.74) is 0. The van der Waals surface area contributed by atoms with Gasteiger partial charge in [-0.2, -0.15) is 0 Å². The van der Waals surface area contributed by atoms with E-state index in [2.05, 4.69) is 0 Å². The van der Waals surface area contributed by atoms with Gasteiger partial charge in [-0.25, -0.2) is 0 Å². The molecule has 0 aromatic heterocycles. The first-order valence-electron chi connectivity index (χ1n) is 2.97. The zero-order chi connectivity index (χ0) is 6.85. The van der Waals surface area contributed by atoms with Gasteiger partial charge in [-0.05, 0) is 20.0 Å². The van der Waals surface area contributed by atoms with Gasteiger partial charge in [0.1, 0.15) is 0 Å². The van der Waals surface area contributed by atoms with Gasteiger partial charge >= 0.3 is 0 Å². The Morgan fingerprint density at radius 2 is 2.44 bits per heavy atom. The predicted molar refractivity (Wildman–Crippen MR) is 34.8 cm³/mol. The van der Waals surface area contributed by atoms with Crippen molar-refractivity contribution in [2.75, 3.05) is 20.1 Å². The van der Waals surface area contributed by atoms with Crippen LogP contribution in [-0.2, 0) is 11.1 Å². The number of hydrogen-bond donors (Lipinski definition) is 0. The van der Waals surface area contributed by atoms with Crippen LogP contribution in [0.4, 0.5) is 0 Å². The lowest BCUT2D eigenvalue weighted by atomic mass is 10.4. The highest BCUT2D eigenvalue weighted by Gasteiger charge is 2.19. The molecule has 0 aromatic carbocycles. The van der Waals surface area contributed by atoms with E-state index in [-0.39, 0.29) is 5.25 Å². The molecule has 1 fully saturated rings. The molecule has 0 bridgehead atoms. The van der Waals surface area contributed by atoms with Crippen LogP contribution in [0, 0.1) is 0 Å². The molecule has 1 rings (SSSR count). The third-order valence-corrected chi connectivity index (χ3v) is 2.55. The van der Waals surface area contributed by atoms with Crippen LogP contribution < -0.4 is 0 Å². The highest BCUT2D eigenvalue weighted by molar-refractivity contribution is 7.79. The molecular weight excluding hydrogens is 138 g/mol. The first kappa shape index (κ1) is 7.18. The monoisotopic (exact) mass is 148 g/mol. The standard InChI is InChI=1S/C5H11NO2S/c1-6-3-2-5(4-6)9(7)8/h5H,2-4H2,1H3,(H,7,8)/p-1/t5-/m0/s1. The van der Waals surface area contributed by atoms with Gasteiger partial charge in [0, 0.05) is 11.8 Å². The van der Waals surface area contributed by atoms with Gasteiger partial charge in [0.15, 0.2) is 0 Å². The topological polar surface area (TPSA) is 43.4 Å². The lowest BCUT2D eigenvalue weighted by molar-refractivity contribution is 0.416. The lowest BCUT2D eigenvalue weighted by Gasteiger charge is -2.12. The van der Waals surface area contributed by atoms with Gasteiger partial charge in [-0.15, -0.1) is 0 Å². The molecule has 4 heteroatoms. The summed E-state index contributed by atoms with van der Waals surface area (Å²) in [4.78, 5) is 2.03. The molecule has 0 spiro atoms. The first-order valence-corrected chi connectivity index (χ1v) is 4.10. The summed E-state index contributed by atoms with van der Waals surface area (Å²) < 4.78 is 20.6. The Labute approximate surface area is 57.3 Å². The fraction of sp³-hybridized carbons (Fsp3) is 1.00. The Morgan fingerprint density at radius 3 is 2.67 bits per heavy atom. The van der Waals surface area contributed by atoms with E-state index in [1.165, 1.54) is 0 Å². The van der Waals surface area contributed by atoms with Crippen LogP contribution in [0.5, 0.6) is 0 Å². The van der Waals surface area contributed by atoms with E-state index in [0.29, 0.717) is 6.54 Å². The summed E-state index contributed by atoms with van der Waals surface area (Å²) in [5.74, 6) is 0. The smallest absolute Gasteiger partial charge is 0.0355 e. The van der Waals surface area contributed by atoms with E-state index >= 15 is 0 Å². The fourth-order valence-corrected chi connectivity index (χ4v) is 1.73. The maximum absolute atomic E-state index is 10.3. The van der Waals surface area contributed by atoms with Crippen molar-refractivity contribution >= 4 is 11.1 Å². The van der Waals surface area contributed by atoms with Crippen molar-refractivity contribution in [2.24, 2.45) is 0 Å². The van der Waals surface area contributed by atoms with E-state index < -0.39 is 11.1 Å². The van der Waals surface area contributed by atoms with Crippen molar-refractivity contribution in [3.63, 3.8) is 0 Å². The second kappa shape index (κ2) is 2.77. The van der Waals surface area contributed by atoms with E-state index in [0.717, 1.165) is 13.0 Å². The molecule has 54 valence electrons. The summed E-state index contributed by atoms with van der Waals surface area (Å²) in [6.07, 6.45) is 0.798. The van der Waals surface area contributed by atoms with Gasteiger partial charge in [-0.1, -0.05) is 11.1 Å². The second-order valence-corrected chi connectivity index (χ2v) is 3.62. The number of rotatable bonds is 1. The molecule has 1 saturated heterocycles. The highest BCUT2D eigenvalue weighted by Crippen LogP contribution is 2.10. The summed E-state index contributed by atoms with van der Waals surface area (Å²) in [7, 11) is 1.94. The summed E-state index contributed by atoms with van der Waals surface area (Å²) >= 11 is -1.85. The first-order chi connectivity index (χ1) is 4.20. The minimum absolute atomic E-state index is 0.116. The maximum Gasteiger partial charge on any atom is 0.0355 e. The summed E-state index contributed by atoms with van der Waals surface area (Å²) in [6.45, 7) is 1.62. The quantitative estimate of drug-likeness (QED) is 0.474. The van der Waals surface area contributed by atoms with Crippen LogP contribution >= 0.6 is 0 Å². The lowest BCUT2D eigenvalue weighted by Crippen LogP contribution is -2.19. The van der Waals surface area contributed by atoms with Gasteiger partial charge in [0.2, 0.25) is 0 Å². The molecule has 1 heterocycles. The Morgan fingerprint density at radius 1 is 1.78 bits per heavy atom. The molecular formula is C5H10NO2S-. The van der Waals surface area contributed by atoms with Gasteiger partial charge in [0.05, 0.1) is 0 Å². The summed E-state index contributed by atoms with van der Waals surface area (Å²) in [5, 5.41) is -0.116. The molecule has 1 aliphatic heterocycles. The molecule has 0 amide bonds. The van der Waals surface area contributed by atoms with Crippen LogP contribution in [0.1, 0.15) is 6.42 Å². The predicted octanol–water partition coefficient (Wildman–Crippen LogP) is -0.430. The van der Waals surface area contributed by atoms with Crippen molar-refractivity contribution in [3.05, 3.63) is 0 Å². The van der Waals surface area contributed by atoms with Crippen LogP contribution in [-0.4, -0.2) is 39.0 Å². The number of likely N-dealkylation sites (tertiary alicyclic amines) is 1. The third kappa shape index (κ3) is 1.74. The van der Waals surface area contributed by atoms with E-state index in [4.69, 9.17) is 0 Å². The Bertz CT molecular complexity index is 128. The minimum Gasteiger partial charge on any atom is -0.772 e. The van der Waals surface area contributed by atoms with Crippen molar-refractivity contribution in [2.45, 2.75) is 11.7 Å². The van der Waals surface area contributed by atoms with Crippen LogP contribution in [0.15, 0.2) is 0 Å². The molecule has 0 aliphatic carbocycles. The van der Waals surface area contributed by atoms with Crippen LogP contribution in [0.2, 0.25) is 0 Å². The van der Waals surface area contributed by atoms with Crippen LogP contribution in [0.3, 0.4) is 0 Å².